The van der Waals surface area contributed by atoms with Crippen molar-refractivity contribution >= 4 is 17.7 Å². The Morgan fingerprint density at radius 2 is 2.14 bits per heavy atom. The molecule has 0 atom stereocenters. The van der Waals surface area contributed by atoms with Crippen molar-refractivity contribution in [1.29, 1.82) is 0 Å². The quantitative estimate of drug-likeness (QED) is 0.505. The van der Waals surface area contributed by atoms with Crippen molar-refractivity contribution in [2.24, 2.45) is 5.73 Å². The first kappa shape index (κ1) is 16.0. The van der Waals surface area contributed by atoms with Gasteiger partial charge in [-0.2, -0.15) is 4.98 Å². The standard InChI is InChI=1S/C14H21N3O3S/c1-3-19-13(18)11-8-16-14(21-2)17-12(11)20-10-6-4-9(15)5-7-10/h8-10H,3-7,15H2,1-2H3. The monoisotopic (exact) mass is 311 g/mol. The smallest absolute Gasteiger partial charge is 0.345 e. The van der Waals surface area contributed by atoms with Crippen LogP contribution in [0.25, 0.3) is 0 Å². The highest BCUT2D eigenvalue weighted by Gasteiger charge is 2.24. The van der Waals surface area contributed by atoms with Crippen LogP contribution in [0.15, 0.2) is 11.4 Å². The largest absolute Gasteiger partial charge is 0.474 e. The molecule has 1 fully saturated rings. The van der Waals surface area contributed by atoms with Gasteiger partial charge in [0, 0.05) is 12.2 Å². The zero-order valence-electron chi connectivity index (χ0n) is 12.4. The SMILES string of the molecule is CCOC(=O)c1cnc(SC)nc1OC1CCC(N)CC1. The maximum absolute atomic E-state index is 11.9. The Morgan fingerprint density at radius 3 is 2.76 bits per heavy atom. The summed E-state index contributed by atoms with van der Waals surface area (Å²) in [7, 11) is 0. The number of hydrogen-bond donors (Lipinski definition) is 1. The lowest BCUT2D eigenvalue weighted by molar-refractivity contribution is 0.0512. The molecular formula is C14H21N3O3S. The number of esters is 1. The van der Waals surface area contributed by atoms with Gasteiger partial charge in [-0.05, 0) is 38.9 Å². The third-order valence-corrected chi connectivity index (χ3v) is 3.97. The van der Waals surface area contributed by atoms with E-state index >= 15 is 0 Å². The van der Waals surface area contributed by atoms with Gasteiger partial charge in [0.25, 0.3) is 0 Å². The first-order valence-electron chi connectivity index (χ1n) is 7.14. The first-order chi connectivity index (χ1) is 10.1. The van der Waals surface area contributed by atoms with E-state index in [9.17, 15) is 4.79 Å². The van der Waals surface area contributed by atoms with Gasteiger partial charge in [-0.1, -0.05) is 11.8 Å². The lowest BCUT2D eigenvalue weighted by Gasteiger charge is -2.26. The minimum atomic E-state index is -0.451. The van der Waals surface area contributed by atoms with Crippen molar-refractivity contribution < 1.29 is 14.3 Å². The van der Waals surface area contributed by atoms with E-state index in [4.69, 9.17) is 15.2 Å². The predicted molar refractivity (Wildman–Crippen MR) is 80.6 cm³/mol. The van der Waals surface area contributed by atoms with Crippen molar-refractivity contribution in [3.05, 3.63) is 11.8 Å². The van der Waals surface area contributed by atoms with Crippen LogP contribution in [0.2, 0.25) is 0 Å². The van der Waals surface area contributed by atoms with Crippen molar-refractivity contribution in [3.63, 3.8) is 0 Å². The number of nitrogens with zero attached hydrogens (tertiary/aromatic N) is 2. The Balaban J connectivity index is 2.16. The molecule has 2 rings (SSSR count). The molecule has 1 aliphatic rings. The van der Waals surface area contributed by atoms with E-state index in [1.54, 1.807) is 6.92 Å². The summed E-state index contributed by atoms with van der Waals surface area (Å²) in [6.45, 7) is 2.07. The molecule has 0 amide bonds. The second kappa shape index (κ2) is 7.61. The van der Waals surface area contributed by atoms with Gasteiger partial charge in [-0.25, -0.2) is 9.78 Å². The van der Waals surface area contributed by atoms with Gasteiger partial charge in [0.2, 0.25) is 5.88 Å². The fraction of sp³-hybridized carbons (Fsp3) is 0.643. The highest BCUT2D eigenvalue weighted by atomic mass is 32.2. The van der Waals surface area contributed by atoms with Gasteiger partial charge in [0.05, 0.1) is 6.61 Å². The van der Waals surface area contributed by atoms with E-state index in [0.29, 0.717) is 17.6 Å². The Kier molecular flexibility index (Phi) is 5.81. The Morgan fingerprint density at radius 1 is 1.43 bits per heavy atom. The van der Waals surface area contributed by atoms with Gasteiger partial charge in [-0.15, -0.1) is 0 Å². The summed E-state index contributed by atoms with van der Waals surface area (Å²) >= 11 is 1.40. The molecule has 7 heteroatoms. The van der Waals surface area contributed by atoms with Gasteiger partial charge >= 0.3 is 5.97 Å². The molecule has 21 heavy (non-hydrogen) atoms. The summed E-state index contributed by atoms with van der Waals surface area (Å²) in [6.07, 6.45) is 7.01. The van der Waals surface area contributed by atoms with E-state index in [0.717, 1.165) is 25.7 Å². The fourth-order valence-corrected chi connectivity index (χ4v) is 2.58. The number of nitrogens with two attached hydrogens (primary N) is 1. The molecule has 116 valence electrons. The normalized spacial score (nSPS) is 21.9. The van der Waals surface area contributed by atoms with Gasteiger partial charge in [-0.3, -0.25) is 0 Å². The molecule has 0 spiro atoms. The Labute approximate surface area is 128 Å². The van der Waals surface area contributed by atoms with Crippen molar-refractivity contribution in [2.75, 3.05) is 12.9 Å². The molecule has 6 nitrogen and oxygen atoms in total. The molecule has 1 aliphatic carbocycles. The van der Waals surface area contributed by atoms with Crippen molar-refractivity contribution in [3.8, 4) is 5.88 Å². The number of carbonyl (C=O) groups excluding carboxylic acids is 1. The van der Waals surface area contributed by atoms with Crippen LogP contribution in [-0.4, -0.2) is 40.9 Å². The lowest BCUT2D eigenvalue weighted by atomic mass is 9.94. The molecule has 1 saturated carbocycles. The summed E-state index contributed by atoms with van der Waals surface area (Å²) in [5, 5.41) is 0.575. The van der Waals surface area contributed by atoms with Crippen LogP contribution >= 0.6 is 11.8 Å². The van der Waals surface area contributed by atoms with Crippen LogP contribution in [0.5, 0.6) is 5.88 Å². The fourth-order valence-electron chi connectivity index (χ4n) is 2.25. The molecule has 0 saturated heterocycles. The number of carbonyl (C=O) groups is 1. The van der Waals surface area contributed by atoms with E-state index in [2.05, 4.69) is 9.97 Å². The highest BCUT2D eigenvalue weighted by Crippen LogP contribution is 2.26. The minimum absolute atomic E-state index is 0.0441. The maximum atomic E-state index is 11.9. The second-order valence-electron chi connectivity index (χ2n) is 4.95. The number of hydrogen-bond acceptors (Lipinski definition) is 7. The zero-order chi connectivity index (χ0) is 15.2. The van der Waals surface area contributed by atoms with Gasteiger partial charge in [0.1, 0.15) is 11.7 Å². The number of aromatic nitrogens is 2. The minimum Gasteiger partial charge on any atom is -0.474 e. The summed E-state index contributed by atoms with van der Waals surface area (Å²) in [4.78, 5) is 20.4. The van der Waals surface area contributed by atoms with E-state index < -0.39 is 5.97 Å². The molecule has 1 heterocycles. The Hall–Kier alpha value is -1.34. The van der Waals surface area contributed by atoms with Crippen LogP contribution in [0.4, 0.5) is 0 Å². The molecule has 0 aliphatic heterocycles. The molecular weight excluding hydrogens is 290 g/mol. The maximum Gasteiger partial charge on any atom is 0.345 e. The molecule has 2 N–H and O–H groups in total. The topological polar surface area (TPSA) is 87.3 Å². The third kappa shape index (κ3) is 4.31. The van der Waals surface area contributed by atoms with Gasteiger partial charge in [0.15, 0.2) is 5.16 Å². The van der Waals surface area contributed by atoms with E-state index in [-0.39, 0.29) is 17.7 Å². The van der Waals surface area contributed by atoms with Crippen LogP contribution in [0.1, 0.15) is 43.0 Å². The summed E-state index contributed by atoms with van der Waals surface area (Å²) in [5.41, 5.74) is 6.18. The van der Waals surface area contributed by atoms with E-state index in [1.165, 1.54) is 18.0 Å². The van der Waals surface area contributed by atoms with Crippen molar-refractivity contribution in [1.82, 2.24) is 9.97 Å². The van der Waals surface area contributed by atoms with Crippen LogP contribution < -0.4 is 10.5 Å². The molecule has 0 bridgehead atoms. The number of ether oxygens (including phenoxy) is 2. The van der Waals surface area contributed by atoms with Crippen LogP contribution in [-0.2, 0) is 4.74 Å². The van der Waals surface area contributed by atoms with Crippen LogP contribution in [0.3, 0.4) is 0 Å². The molecule has 1 aromatic rings. The second-order valence-corrected chi connectivity index (χ2v) is 5.72. The Bertz CT molecular complexity index is 490. The summed E-state index contributed by atoms with van der Waals surface area (Å²) in [5.74, 6) is -0.138. The lowest BCUT2D eigenvalue weighted by Crippen LogP contribution is -2.32. The van der Waals surface area contributed by atoms with Crippen molar-refractivity contribution in [2.45, 2.75) is 49.9 Å². The molecule has 0 aromatic carbocycles. The average Bonchev–Trinajstić information content (AvgIpc) is 2.49. The van der Waals surface area contributed by atoms with E-state index in [1.807, 2.05) is 6.26 Å². The number of rotatable bonds is 5. The summed E-state index contributed by atoms with van der Waals surface area (Å²) < 4.78 is 10.9. The first-order valence-corrected chi connectivity index (χ1v) is 8.36. The average molecular weight is 311 g/mol. The molecule has 0 unspecified atom stereocenters. The third-order valence-electron chi connectivity index (χ3n) is 3.41. The summed E-state index contributed by atoms with van der Waals surface area (Å²) in [6, 6.07) is 0.251. The predicted octanol–water partition coefficient (Wildman–Crippen LogP) is 2.02. The molecule has 0 radical (unpaired) electrons. The highest BCUT2D eigenvalue weighted by molar-refractivity contribution is 7.98. The molecule has 1 aromatic heterocycles. The van der Waals surface area contributed by atoms with Crippen LogP contribution in [0, 0.1) is 0 Å². The zero-order valence-corrected chi connectivity index (χ0v) is 13.2. The van der Waals surface area contributed by atoms with Gasteiger partial charge < -0.3 is 15.2 Å². The number of thioether (sulfide) groups is 1.